The predicted molar refractivity (Wildman–Crippen MR) is 49.6 cm³/mol. The van der Waals surface area contributed by atoms with E-state index < -0.39 is 12.1 Å². The SMILES string of the molecule is NC(=O)c1cccnc1C1CC(F)C1. The van der Waals surface area contributed by atoms with E-state index >= 15 is 0 Å². The minimum absolute atomic E-state index is 0.0636. The van der Waals surface area contributed by atoms with Crippen LogP contribution in [0.25, 0.3) is 0 Å². The third-order valence-electron chi connectivity index (χ3n) is 2.57. The molecule has 2 rings (SSSR count). The van der Waals surface area contributed by atoms with Gasteiger partial charge in [-0.3, -0.25) is 9.78 Å². The molecule has 2 N–H and O–H groups in total. The highest BCUT2D eigenvalue weighted by atomic mass is 19.1. The molecule has 1 amide bonds. The van der Waals surface area contributed by atoms with Gasteiger partial charge in [0.2, 0.25) is 0 Å². The van der Waals surface area contributed by atoms with E-state index in [1.807, 2.05) is 0 Å². The number of nitrogens with zero attached hydrogens (tertiary/aromatic N) is 1. The van der Waals surface area contributed by atoms with E-state index in [9.17, 15) is 9.18 Å². The summed E-state index contributed by atoms with van der Waals surface area (Å²) in [5, 5.41) is 0. The lowest BCUT2D eigenvalue weighted by molar-refractivity contribution is 0.0994. The molecule has 1 aliphatic rings. The molecule has 3 nitrogen and oxygen atoms in total. The van der Waals surface area contributed by atoms with Crippen molar-refractivity contribution in [3.8, 4) is 0 Å². The van der Waals surface area contributed by atoms with Crippen LogP contribution in [0.2, 0.25) is 0 Å². The number of hydrogen-bond donors (Lipinski definition) is 1. The maximum absolute atomic E-state index is 12.6. The lowest BCUT2D eigenvalue weighted by Gasteiger charge is -2.29. The van der Waals surface area contributed by atoms with Gasteiger partial charge < -0.3 is 5.73 Å². The van der Waals surface area contributed by atoms with Gasteiger partial charge >= 0.3 is 0 Å². The summed E-state index contributed by atoms with van der Waals surface area (Å²) in [6, 6.07) is 3.30. The highest BCUT2D eigenvalue weighted by Crippen LogP contribution is 2.38. The topological polar surface area (TPSA) is 56.0 Å². The quantitative estimate of drug-likeness (QED) is 0.773. The van der Waals surface area contributed by atoms with Crippen LogP contribution in [0.3, 0.4) is 0 Å². The molecule has 1 fully saturated rings. The summed E-state index contributed by atoms with van der Waals surface area (Å²) in [5.41, 5.74) is 6.26. The summed E-state index contributed by atoms with van der Waals surface area (Å²) in [6.07, 6.45) is 1.77. The second-order valence-electron chi connectivity index (χ2n) is 3.57. The fraction of sp³-hybridized carbons (Fsp3) is 0.400. The van der Waals surface area contributed by atoms with Gasteiger partial charge in [-0.25, -0.2) is 4.39 Å². The molecule has 1 heterocycles. The molecule has 0 spiro atoms. The van der Waals surface area contributed by atoms with Crippen LogP contribution in [0.15, 0.2) is 18.3 Å². The first-order valence-electron chi connectivity index (χ1n) is 4.57. The van der Waals surface area contributed by atoms with E-state index in [-0.39, 0.29) is 5.92 Å². The van der Waals surface area contributed by atoms with Gasteiger partial charge in [-0.05, 0) is 25.0 Å². The fourth-order valence-corrected chi connectivity index (χ4v) is 1.72. The van der Waals surface area contributed by atoms with Crippen LogP contribution in [0.4, 0.5) is 4.39 Å². The number of amides is 1. The monoisotopic (exact) mass is 194 g/mol. The second kappa shape index (κ2) is 3.36. The van der Waals surface area contributed by atoms with Crippen molar-refractivity contribution in [3.05, 3.63) is 29.6 Å². The van der Waals surface area contributed by atoms with E-state index in [0.717, 1.165) is 0 Å². The Morgan fingerprint density at radius 2 is 2.29 bits per heavy atom. The smallest absolute Gasteiger partial charge is 0.250 e. The molecule has 0 saturated heterocycles. The standard InChI is InChI=1S/C10H11FN2O/c11-7-4-6(5-7)9-8(10(12)14)2-1-3-13-9/h1-3,6-7H,4-5H2,(H2,12,14). The number of hydrogen-bond acceptors (Lipinski definition) is 2. The van der Waals surface area contributed by atoms with Crippen LogP contribution in [0, 0.1) is 0 Å². The van der Waals surface area contributed by atoms with Gasteiger partial charge in [0.15, 0.2) is 0 Å². The third-order valence-corrected chi connectivity index (χ3v) is 2.57. The van der Waals surface area contributed by atoms with Crippen molar-refractivity contribution in [2.75, 3.05) is 0 Å². The number of rotatable bonds is 2. The van der Waals surface area contributed by atoms with Gasteiger partial charge in [0.1, 0.15) is 6.17 Å². The highest BCUT2D eigenvalue weighted by Gasteiger charge is 2.33. The van der Waals surface area contributed by atoms with E-state index in [2.05, 4.69) is 4.98 Å². The minimum Gasteiger partial charge on any atom is -0.366 e. The summed E-state index contributed by atoms with van der Waals surface area (Å²) in [6.45, 7) is 0. The van der Waals surface area contributed by atoms with Crippen LogP contribution in [0.1, 0.15) is 34.8 Å². The van der Waals surface area contributed by atoms with Gasteiger partial charge in [-0.15, -0.1) is 0 Å². The predicted octanol–water partition coefficient (Wildman–Crippen LogP) is 1.40. The van der Waals surface area contributed by atoms with Crippen LogP contribution in [-0.2, 0) is 0 Å². The molecule has 1 aliphatic carbocycles. The lowest BCUT2D eigenvalue weighted by Crippen LogP contribution is -2.26. The average Bonchev–Trinajstić information content (AvgIpc) is 2.13. The molecule has 0 aliphatic heterocycles. The van der Waals surface area contributed by atoms with Gasteiger partial charge in [-0.2, -0.15) is 0 Å². The molecule has 1 aromatic heterocycles. The summed E-state index contributed by atoms with van der Waals surface area (Å²) in [7, 11) is 0. The number of nitrogens with two attached hydrogens (primary N) is 1. The van der Waals surface area contributed by atoms with E-state index in [0.29, 0.717) is 24.1 Å². The number of carbonyl (C=O) groups is 1. The highest BCUT2D eigenvalue weighted by molar-refractivity contribution is 5.94. The Labute approximate surface area is 81.1 Å². The van der Waals surface area contributed by atoms with Crippen molar-refractivity contribution in [1.29, 1.82) is 0 Å². The molecule has 4 heteroatoms. The van der Waals surface area contributed by atoms with Crippen LogP contribution in [0.5, 0.6) is 0 Å². The Balaban J connectivity index is 2.28. The molecule has 0 radical (unpaired) electrons. The zero-order chi connectivity index (χ0) is 10.1. The summed E-state index contributed by atoms with van der Waals surface area (Å²) >= 11 is 0. The number of alkyl halides is 1. The molecule has 74 valence electrons. The first-order valence-corrected chi connectivity index (χ1v) is 4.57. The van der Waals surface area contributed by atoms with Gasteiger partial charge in [0, 0.05) is 12.1 Å². The number of pyridine rings is 1. The Kier molecular flexibility index (Phi) is 2.19. The molecular weight excluding hydrogens is 183 g/mol. The first-order chi connectivity index (χ1) is 6.68. The molecule has 1 saturated carbocycles. The van der Waals surface area contributed by atoms with Gasteiger partial charge in [0.05, 0.1) is 11.3 Å². The summed E-state index contributed by atoms with van der Waals surface area (Å²) in [4.78, 5) is 15.1. The fourth-order valence-electron chi connectivity index (χ4n) is 1.72. The Morgan fingerprint density at radius 3 is 2.86 bits per heavy atom. The molecule has 0 bridgehead atoms. The summed E-state index contributed by atoms with van der Waals surface area (Å²) < 4.78 is 12.6. The van der Waals surface area contributed by atoms with E-state index in [1.54, 1.807) is 18.3 Å². The zero-order valence-corrected chi connectivity index (χ0v) is 7.61. The Morgan fingerprint density at radius 1 is 1.57 bits per heavy atom. The maximum atomic E-state index is 12.6. The molecule has 1 aromatic rings. The number of primary amides is 1. The summed E-state index contributed by atoms with van der Waals surface area (Å²) in [5.74, 6) is -0.427. The van der Waals surface area contributed by atoms with Crippen molar-refractivity contribution in [2.45, 2.75) is 24.9 Å². The number of aromatic nitrogens is 1. The first kappa shape index (κ1) is 9.12. The van der Waals surface area contributed by atoms with Crippen LogP contribution in [-0.4, -0.2) is 17.1 Å². The Bertz CT molecular complexity index is 361. The third kappa shape index (κ3) is 1.47. The maximum Gasteiger partial charge on any atom is 0.250 e. The molecule has 0 aromatic carbocycles. The van der Waals surface area contributed by atoms with Crippen molar-refractivity contribution >= 4 is 5.91 Å². The normalized spacial score (nSPS) is 25.5. The van der Waals surface area contributed by atoms with Crippen molar-refractivity contribution in [2.24, 2.45) is 5.73 Å². The van der Waals surface area contributed by atoms with Gasteiger partial charge in [-0.1, -0.05) is 0 Å². The van der Waals surface area contributed by atoms with Crippen molar-refractivity contribution in [1.82, 2.24) is 4.98 Å². The molecular formula is C10H11FN2O. The molecule has 0 atom stereocenters. The number of halogens is 1. The number of carbonyl (C=O) groups excluding carboxylic acids is 1. The molecule has 0 unspecified atom stereocenters. The molecule has 14 heavy (non-hydrogen) atoms. The van der Waals surface area contributed by atoms with Crippen LogP contribution >= 0.6 is 0 Å². The minimum atomic E-state index is -0.747. The van der Waals surface area contributed by atoms with Crippen molar-refractivity contribution in [3.63, 3.8) is 0 Å². The lowest BCUT2D eigenvalue weighted by atomic mass is 9.79. The van der Waals surface area contributed by atoms with Crippen LogP contribution < -0.4 is 5.73 Å². The largest absolute Gasteiger partial charge is 0.366 e. The Hall–Kier alpha value is -1.45. The van der Waals surface area contributed by atoms with Crippen molar-refractivity contribution < 1.29 is 9.18 Å². The van der Waals surface area contributed by atoms with Gasteiger partial charge in [0.25, 0.3) is 5.91 Å². The average molecular weight is 194 g/mol. The zero-order valence-electron chi connectivity index (χ0n) is 7.61. The van der Waals surface area contributed by atoms with E-state index in [4.69, 9.17) is 5.73 Å². The van der Waals surface area contributed by atoms with E-state index in [1.165, 1.54) is 0 Å². The second-order valence-corrected chi connectivity index (χ2v) is 3.57.